The van der Waals surface area contributed by atoms with Crippen molar-refractivity contribution in [3.05, 3.63) is 39.0 Å². The minimum absolute atomic E-state index is 0.0183. The van der Waals surface area contributed by atoms with Crippen molar-refractivity contribution in [2.75, 3.05) is 4.72 Å². The number of anilines is 1. The van der Waals surface area contributed by atoms with E-state index in [2.05, 4.69) is 14.9 Å². The summed E-state index contributed by atoms with van der Waals surface area (Å²) in [7, 11) is -3.86. The fourth-order valence-corrected chi connectivity index (χ4v) is 4.12. The molecule has 2 N–H and O–H groups in total. The first kappa shape index (κ1) is 16.1. The molecule has 1 heterocycles. The Labute approximate surface area is 133 Å². The van der Waals surface area contributed by atoms with Crippen molar-refractivity contribution in [3.8, 4) is 0 Å². The highest BCUT2D eigenvalue weighted by Gasteiger charge is 2.24. The molecule has 0 aliphatic rings. The molecular weight excluding hydrogens is 333 g/mol. The lowest BCUT2D eigenvalue weighted by atomic mass is 10.2. The summed E-state index contributed by atoms with van der Waals surface area (Å²) in [6, 6.07) is 3.28. The van der Waals surface area contributed by atoms with E-state index in [9.17, 15) is 8.42 Å². The van der Waals surface area contributed by atoms with Crippen LogP contribution in [0.3, 0.4) is 0 Å². The Balaban J connectivity index is 2.49. The molecule has 0 saturated carbocycles. The number of nitrogens with zero attached hydrogens (tertiary/aromatic N) is 1. The quantitative estimate of drug-likeness (QED) is 0.885. The predicted octanol–water partition coefficient (Wildman–Crippen LogP) is 3.70. The average molecular weight is 348 g/mol. The van der Waals surface area contributed by atoms with Crippen molar-refractivity contribution in [1.29, 1.82) is 0 Å². The van der Waals surface area contributed by atoms with E-state index in [0.717, 1.165) is 12.1 Å². The Morgan fingerprint density at radius 3 is 2.52 bits per heavy atom. The van der Waals surface area contributed by atoms with Crippen molar-refractivity contribution < 1.29 is 8.42 Å². The van der Waals surface area contributed by atoms with Gasteiger partial charge < -0.3 is 0 Å². The number of aryl methyl sites for hydroxylation is 2. The molecule has 0 spiro atoms. The summed E-state index contributed by atoms with van der Waals surface area (Å²) >= 11 is 12.2. The van der Waals surface area contributed by atoms with E-state index in [-0.39, 0.29) is 15.7 Å². The number of hydrogen-bond donors (Lipinski definition) is 2. The highest BCUT2D eigenvalue weighted by atomic mass is 35.5. The van der Waals surface area contributed by atoms with Crippen LogP contribution in [-0.2, 0) is 16.4 Å². The van der Waals surface area contributed by atoms with Crippen molar-refractivity contribution in [2.45, 2.75) is 32.1 Å². The van der Waals surface area contributed by atoms with Gasteiger partial charge in [0.15, 0.2) is 5.82 Å². The van der Waals surface area contributed by atoms with E-state index in [1.807, 2.05) is 6.92 Å². The molecule has 0 radical (unpaired) electrons. The first-order valence-electron chi connectivity index (χ1n) is 6.28. The fraction of sp³-hybridized carbons (Fsp3) is 0.308. The van der Waals surface area contributed by atoms with Gasteiger partial charge >= 0.3 is 0 Å². The number of H-pyrrole nitrogens is 1. The third kappa shape index (κ3) is 3.17. The molecule has 2 rings (SSSR count). The SMILES string of the molecule is CCc1cc(NS(=O)(=O)c2c(C)c(Cl)cc(C)c2Cl)n[nH]1. The molecule has 0 aliphatic heterocycles. The van der Waals surface area contributed by atoms with Crippen molar-refractivity contribution in [3.63, 3.8) is 0 Å². The largest absolute Gasteiger partial charge is 0.280 e. The molecule has 5 nitrogen and oxygen atoms in total. The monoisotopic (exact) mass is 347 g/mol. The summed E-state index contributed by atoms with van der Waals surface area (Å²) in [5.41, 5.74) is 1.84. The number of benzene rings is 1. The van der Waals surface area contributed by atoms with Crippen LogP contribution in [0.5, 0.6) is 0 Å². The number of aromatic amines is 1. The Morgan fingerprint density at radius 1 is 1.29 bits per heavy atom. The molecular formula is C13H15Cl2N3O2S. The van der Waals surface area contributed by atoms with Crippen molar-refractivity contribution >= 4 is 39.0 Å². The summed E-state index contributed by atoms with van der Waals surface area (Å²) in [5, 5.41) is 7.17. The van der Waals surface area contributed by atoms with Gasteiger partial charge in [-0.3, -0.25) is 9.82 Å². The normalized spacial score (nSPS) is 11.7. The van der Waals surface area contributed by atoms with E-state index in [1.54, 1.807) is 26.0 Å². The van der Waals surface area contributed by atoms with Crippen molar-refractivity contribution in [2.24, 2.45) is 0 Å². The van der Waals surface area contributed by atoms with Gasteiger partial charge in [-0.15, -0.1) is 0 Å². The zero-order valence-corrected chi connectivity index (χ0v) is 14.1. The fourth-order valence-electron chi connectivity index (χ4n) is 1.92. The smallest absolute Gasteiger partial charge is 0.264 e. The average Bonchev–Trinajstić information content (AvgIpc) is 2.83. The minimum Gasteiger partial charge on any atom is -0.280 e. The second kappa shape index (κ2) is 5.87. The molecule has 21 heavy (non-hydrogen) atoms. The van der Waals surface area contributed by atoms with Crippen LogP contribution >= 0.6 is 23.2 Å². The molecule has 1 aromatic carbocycles. The number of halogens is 2. The first-order chi connectivity index (χ1) is 9.76. The Morgan fingerprint density at radius 2 is 1.95 bits per heavy atom. The molecule has 0 atom stereocenters. The van der Waals surface area contributed by atoms with Gasteiger partial charge in [-0.2, -0.15) is 5.10 Å². The lowest BCUT2D eigenvalue weighted by Crippen LogP contribution is -2.16. The van der Waals surface area contributed by atoms with Gasteiger partial charge in [-0.1, -0.05) is 30.1 Å². The summed E-state index contributed by atoms with van der Waals surface area (Å²) in [5.74, 6) is 0.222. The molecule has 2 aromatic rings. The Bertz CT molecular complexity index is 759. The highest BCUT2D eigenvalue weighted by molar-refractivity contribution is 7.92. The second-order valence-corrected chi connectivity index (χ2v) is 7.09. The molecule has 0 amide bonds. The number of sulfonamides is 1. The van der Waals surface area contributed by atoms with Crippen LogP contribution in [-0.4, -0.2) is 18.6 Å². The van der Waals surface area contributed by atoms with Crippen LogP contribution in [0.2, 0.25) is 10.0 Å². The molecule has 114 valence electrons. The third-order valence-electron chi connectivity index (χ3n) is 3.11. The summed E-state index contributed by atoms with van der Waals surface area (Å²) in [6.45, 7) is 5.26. The van der Waals surface area contributed by atoms with Gasteiger partial charge in [0.25, 0.3) is 10.0 Å². The van der Waals surface area contributed by atoms with Crippen LogP contribution in [0, 0.1) is 13.8 Å². The van der Waals surface area contributed by atoms with Crippen LogP contribution in [0.4, 0.5) is 5.82 Å². The maximum absolute atomic E-state index is 12.5. The molecule has 0 saturated heterocycles. The second-order valence-electron chi connectivity index (χ2n) is 4.68. The van der Waals surface area contributed by atoms with Gasteiger partial charge in [0.05, 0.1) is 5.02 Å². The van der Waals surface area contributed by atoms with Crippen molar-refractivity contribution in [1.82, 2.24) is 10.2 Å². The van der Waals surface area contributed by atoms with Gasteiger partial charge in [0.1, 0.15) is 4.90 Å². The van der Waals surface area contributed by atoms with Gasteiger partial charge in [0, 0.05) is 16.8 Å². The van der Waals surface area contributed by atoms with Crippen LogP contribution < -0.4 is 4.72 Å². The van der Waals surface area contributed by atoms with E-state index >= 15 is 0 Å². The number of aromatic nitrogens is 2. The predicted molar refractivity (Wildman–Crippen MR) is 84.7 cm³/mol. The topological polar surface area (TPSA) is 74.8 Å². The molecule has 0 unspecified atom stereocenters. The molecule has 8 heteroatoms. The van der Waals surface area contributed by atoms with E-state index in [0.29, 0.717) is 16.1 Å². The minimum atomic E-state index is -3.86. The van der Waals surface area contributed by atoms with E-state index in [1.165, 1.54) is 0 Å². The van der Waals surface area contributed by atoms with Gasteiger partial charge in [-0.05, 0) is 37.5 Å². The summed E-state index contributed by atoms with van der Waals surface area (Å²) in [6.07, 6.45) is 0.727. The Hall–Kier alpha value is -1.24. The highest BCUT2D eigenvalue weighted by Crippen LogP contribution is 2.34. The zero-order chi connectivity index (χ0) is 15.8. The standard InChI is InChI=1S/C13H15Cl2N3O2S/c1-4-9-6-11(17-16-9)18-21(19,20)13-8(3)10(14)5-7(2)12(13)15/h5-6H,4H2,1-3H3,(H2,16,17,18). The number of nitrogens with one attached hydrogen (secondary N) is 2. The van der Waals surface area contributed by atoms with Gasteiger partial charge in [0.2, 0.25) is 0 Å². The van der Waals surface area contributed by atoms with E-state index < -0.39 is 10.0 Å². The lowest BCUT2D eigenvalue weighted by Gasteiger charge is -2.13. The molecule has 0 aliphatic carbocycles. The molecule has 1 aromatic heterocycles. The number of hydrogen-bond acceptors (Lipinski definition) is 3. The first-order valence-corrected chi connectivity index (χ1v) is 8.52. The molecule has 0 fully saturated rings. The zero-order valence-electron chi connectivity index (χ0n) is 11.8. The molecule has 0 bridgehead atoms. The maximum Gasteiger partial charge on any atom is 0.264 e. The van der Waals surface area contributed by atoms with E-state index in [4.69, 9.17) is 23.2 Å². The van der Waals surface area contributed by atoms with Crippen LogP contribution in [0.1, 0.15) is 23.7 Å². The van der Waals surface area contributed by atoms with Crippen LogP contribution in [0.25, 0.3) is 0 Å². The summed E-state index contributed by atoms with van der Waals surface area (Å²) in [4.78, 5) is -0.0183. The summed E-state index contributed by atoms with van der Waals surface area (Å²) < 4.78 is 27.5. The lowest BCUT2D eigenvalue weighted by molar-refractivity contribution is 0.600. The maximum atomic E-state index is 12.5. The number of rotatable bonds is 4. The third-order valence-corrected chi connectivity index (χ3v) is 5.62. The van der Waals surface area contributed by atoms with Gasteiger partial charge in [-0.25, -0.2) is 8.42 Å². The Kier molecular flexibility index (Phi) is 4.51. The van der Waals surface area contributed by atoms with Crippen LogP contribution in [0.15, 0.2) is 17.0 Å².